The highest BCUT2D eigenvalue weighted by atomic mass is 32.2. The molecule has 2 aliphatic rings. The van der Waals surface area contributed by atoms with Gasteiger partial charge in [0, 0.05) is 18.0 Å². The zero-order chi connectivity index (χ0) is 16.7. The van der Waals surface area contributed by atoms with Gasteiger partial charge >= 0.3 is 5.97 Å². The van der Waals surface area contributed by atoms with Crippen molar-refractivity contribution >= 4 is 57.6 Å². The Morgan fingerprint density at radius 3 is 2.78 bits per heavy atom. The lowest BCUT2D eigenvalue weighted by Gasteiger charge is -2.15. The molecule has 0 saturated carbocycles. The maximum Gasteiger partial charge on any atom is 0.323 e. The van der Waals surface area contributed by atoms with Gasteiger partial charge < -0.3 is 14.7 Å². The van der Waals surface area contributed by atoms with E-state index in [0.29, 0.717) is 4.91 Å². The summed E-state index contributed by atoms with van der Waals surface area (Å²) in [6.07, 6.45) is 0. The minimum Gasteiger partial charge on any atom is -0.497 e. The summed E-state index contributed by atoms with van der Waals surface area (Å²) in [6.45, 7) is -0.420. The number of thiocarbonyl (C=S) groups is 1. The molecule has 1 aromatic carbocycles. The Morgan fingerprint density at radius 1 is 1.39 bits per heavy atom. The summed E-state index contributed by atoms with van der Waals surface area (Å²) >= 11 is 7.73. The molecule has 1 fully saturated rings. The third-order valence-electron chi connectivity index (χ3n) is 3.38. The lowest BCUT2D eigenvalue weighted by molar-refractivity contribution is -0.140. The number of rotatable bonds is 3. The lowest BCUT2D eigenvalue weighted by atomic mass is 10.3. The summed E-state index contributed by atoms with van der Waals surface area (Å²) in [5.74, 6) is -0.722. The van der Waals surface area contributed by atoms with Crippen LogP contribution in [0, 0.1) is 0 Å². The van der Waals surface area contributed by atoms with E-state index >= 15 is 0 Å². The first-order valence-electron chi connectivity index (χ1n) is 6.51. The molecule has 0 radical (unpaired) electrons. The van der Waals surface area contributed by atoms with E-state index in [9.17, 15) is 9.59 Å². The second-order valence-electron chi connectivity index (χ2n) is 4.78. The van der Waals surface area contributed by atoms with E-state index in [0.717, 1.165) is 38.0 Å². The highest BCUT2D eigenvalue weighted by Crippen LogP contribution is 2.50. The molecule has 2 aliphatic heterocycles. The highest BCUT2D eigenvalue weighted by molar-refractivity contribution is 8.27. The fourth-order valence-electron chi connectivity index (χ4n) is 2.25. The van der Waals surface area contributed by atoms with Gasteiger partial charge in [0.15, 0.2) is 0 Å². The fourth-order valence-corrected chi connectivity index (χ4v) is 4.81. The molecule has 1 saturated heterocycles. The van der Waals surface area contributed by atoms with Gasteiger partial charge in [-0.1, -0.05) is 35.7 Å². The van der Waals surface area contributed by atoms with E-state index in [4.69, 9.17) is 22.1 Å². The first-order chi connectivity index (χ1) is 10.9. The molecule has 0 atom stereocenters. The molecule has 1 N–H and O–H groups in total. The molecule has 1 amide bonds. The molecule has 0 aliphatic carbocycles. The molecular formula is C14H12N2O4S3. The van der Waals surface area contributed by atoms with E-state index in [2.05, 4.69) is 0 Å². The van der Waals surface area contributed by atoms with Gasteiger partial charge in [-0.3, -0.25) is 14.5 Å². The Labute approximate surface area is 146 Å². The summed E-state index contributed by atoms with van der Waals surface area (Å²) in [5.41, 5.74) is 0.938. The predicted molar refractivity (Wildman–Crippen MR) is 93.8 cm³/mol. The molecule has 0 bridgehead atoms. The SMILES string of the molecule is COc1ccc2c(c1)N(C)C(=C1SC(=S)N(CC(=O)O)C1=O)S2. The quantitative estimate of drug-likeness (QED) is 0.644. The first kappa shape index (κ1) is 16.2. The van der Waals surface area contributed by atoms with Crippen LogP contribution in [0.5, 0.6) is 5.75 Å². The summed E-state index contributed by atoms with van der Waals surface area (Å²) in [5, 5.41) is 9.65. The van der Waals surface area contributed by atoms with Crippen LogP contribution >= 0.6 is 35.7 Å². The maximum atomic E-state index is 12.5. The van der Waals surface area contributed by atoms with Crippen molar-refractivity contribution < 1.29 is 19.4 Å². The number of methoxy groups -OCH3 is 1. The van der Waals surface area contributed by atoms with Gasteiger partial charge in [0.2, 0.25) is 0 Å². The van der Waals surface area contributed by atoms with E-state index in [1.54, 1.807) is 7.11 Å². The number of amides is 1. The van der Waals surface area contributed by atoms with E-state index < -0.39 is 12.5 Å². The Bertz CT molecular complexity index is 762. The van der Waals surface area contributed by atoms with Gasteiger partial charge in [-0.25, -0.2) is 0 Å². The molecule has 1 aromatic rings. The molecule has 0 aromatic heterocycles. The molecule has 2 heterocycles. The summed E-state index contributed by atoms with van der Waals surface area (Å²) < 4.78 is 5.50. The Kier molecular flexibility index (Phi) is 4.26. The average Bonchev–Trinajstić information content (AvgIpc) is 2.98. The van der Waals surface area contributed by atoms with E-state index in [1.165, 1.54) is 11.8 Å². The average molecular weight is 368 g/mol. The number of hydrogen-bond donors (Lipinski definition) is 1. The molecule has 120 valence electrons. The van der Waals surface area contributed by atoms with Crippen molar-refractivity contribution in [1.29, 1.82) is 0 Å². The molecular weight excluding hydrogens is 356 g/mol. The smallest absolute Gasteiger partial charge is 0.323 e. The monoisotopic (exact) mass is 368 g/mol. The summed E-state index contributed by atoms with van der Waals surface area (Å²) in [7, 11) is 3.46. The van der Waals surface area contributed by atoms with Crippen LogP contribution in [-0.2, 0) is 9.59 Å². The topological polar surface area (TPSA) is 70.1 Å². The number of thioether (sulfide) groups is 2. The number of nitrogens with zero attached hydrogens (tertiary/aromatic N) is 2. The number of hydrogen-bond acceptors (Lipinski definition) is 7. The van der Waals surface area contributed by atoms with Crippen LogP contribution < -0.4 is 9.64 Å². The van der Waals surface area contributed by atoms with Gasteiger partial charge in [-0.05, 0) is 12.1 Å². The largest absolute Gasteiger partial charge is 0.497 e. The van der Waals surface area contributed by atoms with Gasteiger partial charge in [0.1, 0.15) is 21.5 Å². The van der Waals surface area contributed by atoms with Crippen LogP contribution in [0.2, 0.25) is 0 Å². The van der Waals surface area contributed by atoms with Crippen molar-refractivity contribution in [1.82, 2.24) is 4.90 Å². The zero-order valence-electron chi connectivity index (χ0n) is 12.2. The molecule has 6 nitrogen and oxygen atoms in total. The summed E-state index contributed by atoms with van der Waals surface area (Å²) in [4.78, 5) is 27.8. The second-order valence-corrected chi connectivity index (χ2v) is 7.46. The van der Waals surface area contributed by atoms with E-state index in [-0.39, 0.29) is 10.2 Å². The first-order valence-corrected chi connectivity index (χ1v) is 8.56. The van der Waals surface area contributed by atoms with Crippen molar-refractivity contribution in [3.63, 3.8) is 0 Å². The molecule has 23 heavy (non-hydrogen) atoms. The van der Waals surface area contributed by atoms with Gasteiger partial charge in [0.05, 0.1) is 17.8 Å². The number of carboxylic acid groups (broad SMARTS) is 1. The van der Waals surface area contributed by atoms with Crippen LogP contribution in [0.25, 0.3) is 0 Å². The third kappa shape index (κ3) is 2.79. The van der Waals surface area contributed by atoms with Crippen LogP contribution in [-0.4, -0.2) is 46.9 Å². The van der Waals surface area contributed by atoms with Crippen molar-refractivity contribution in [2.75, 3.05) is 25.6 Å². The maximum absolute atomic E-state index is 12.5. The van der Waals surface area contributed by atoms with E-state index in [1.807, 2.05) is 30.1 Å². The number of ether oxygens (including phenoxy) is 1. The van der Waals surface area contributed by atoms with Gasteiger partial charge in [-0.15, -0.1) is 0 Å². The normalized spacial score (nSPS) is 20.3. The predicted octanol–water partition coefficient (Wildman–Crippen LogP) is 2.35. The fraction of sp³-hybridized carbons (Fsp3) is 0.214. The molecule has 9 heteroatoms. The molecule has 0 spiro atoms. The highest BCUT2D eigenvalue weighted by Gasteiger charge is 2.39. The molecule has 3 rings (SSSR count). The number of anilines is 1. The Hall–Kier alpha value is -1.71. The van der Waals surface area contributed by atoms with Crippen molar-refractivity contribution in [2.24, 2.45) is 0 Å². The van der Waals surface area contributed by atoms with Crippen molar-refractivity contribution in [3.8, 4) is 5.75 Å². The Balaban J connectivity index is 1.96. The Morgan fingerprint density at radius 2 is 2.13 bits per heavy atom. The summed E-state index contributed by atoms with van der Waals surface area (Å²) in [6, 6.07) is 5.69. The second kappa shape index (κ2) is 6.06. The van der Waals surface area contributed by atoms with Crippen LogP contribution in [0.15, 0.2) is 33.0 Å². The van der Waals surface area contributed by atoms with Gasteiger partial charge in [-0.2, -0.15) is 0 Å². The van der Waals surface area contributed by atoms with Crippen molar-refractivity contribution in [2.45, 2.75) is 4.90 Å². The van der Waals surface area contributed by atoms with Crippen LogP contribution in [0.3, 0.4) is 0 Å². The van der Waals surface area contributed by atoms with Gasteiger partial charge in [0.25, 0.3) is 5.91 Å². The minimum absolute atomic E-state index is 0.266. The number of aliphatic carboxylic acids is 1. The molecule has 0 unspecified atom stereocenters. The number of carbonyl (C=O) groups is 2. The third-order valence-corrected chi connectivity index (χ3v) is 6.18. The lowest BCUT2D eigenvalue weighted by Crippen LogP contribution is -2.33. The zero-order valence-corrected chi connectivity index (χ0v) is 14.7. The van der Waals surface area contributed by atoms with Crippen LogP contribution in [0.1, 0.15) is 0 Å². The standard InChI is InChI=1S/C14H12N2O4S3/c1-15-8-5-7(20-2)3-4-9(8)22-13(15)11-12(19)16(6-10(17)18)14(21)23-11/h3-5H,6H2,1-2H3,(H,17,18). The van der Waals surface area contributed by atoms with Crippen LogP contribution in [0.4, 0.5) is 5.69 Å². The number of carboxylic acids is 1. The minimum atomic E-state index is -1.09. The number of carbonyl (C=O) groups excluding carboxylic acids is 1. The number of benzene rings is 1. The van der Waals surface area contributed by atoms with Crippen molar-refractivity contribution in [3.05, 3.63) is 28.1 Å². The number of fused-ring (bicyclic) bond motifs is 1.